The van der Waals surface area contributed by atoms with E-state index in [9.17, 15) is 10.1 Å². The van der Waals surface area contributed by atoms with Crippen LogP contribution in [0.4, 0.5) is 0 Å². The van der Waals surface area contributed by atoms with E-state index in [0.717, 1.165) is 5.56 Å². The number of benzene rings is 1. The monoisotopic (exact) mass is 179 g/mol. The summed E-state index contributed by atoms with van der Waals surface area (Å²) < 4.78 is 0. The fraction of sp³-hybridized carbons (Fsp3) is 0.400. The Bertz CT molecular complexity index is 284. The standard InChI is InChI=1S/C10H13NO2/c1-8(9(2)11(12)13)10-6-4-3-5-7-10/h3-9H,1-2H3/t8-,9-/m0/s1. The number of hydrogen-bond acceptors (Lipinski definition) is 2. The van der Waals surface area contributed by atoms with E-state index in [1.165, 1.54) is 0 Å². The van der Waals surface area contributed by atoms with E-state index >= 15 is 0 Å². The van der Waals surface area contributed by atoms with Gasteiger partial charge in [0.1, 0.15) is 0 Å². The molecule has 0 fully saturated rings. The molecule has 0 N–H and O–H groups in total. The van der Waals surface area contributed by atoms with Crippen molar-refractivity contribution in [1.82, 2.24) is 0 Å². The highest BCUT2D eigenvalue weighted by Gasteiger charge is 2.22. The van der Waals surface area contributed by atoms with Crippen LogP contribution in [0.2, 0.25) is 0 Å². The van der Waals surface area contributed by atoms with Crippen LogP contribution in [0.15, 0.2) is 30.3 Å². The number of nitrogens with zero attached hydrogens (tertiary/aromatic N) is 1. The molecule has 0 aliphatic carbocycles. The van der Waals surface area contributed by atoms with Gasteiger partial charge in [0.05, 0.1) is 0 Å². The van der Waals surface area contributed by atoms with Crippen molar-refractivity contribution in [2.45, 2.75) is 25.8 Å². The van der Waals surface area contributed by atoms with E-state index in [-0.39, 0.29) is 10.8 Å². The summed E-state index contributed by atoms with van der Waals surface area (Å²) in [5.74, 6) is -0.0313. The van der Waals surface area contributed by atoms with Crippen molar-refractivity contribution in [3.05, 3.63) is 46.0 Å². The van der Waals surface area contributed by atoms with Gasteiger partial charge in [0.2, 0.25) is 6.04 Å². The summed E-state index contributed by atoms with van der Waals surface area (Å²) in [6, 6.07) is 9.03. The highest BCUT2D eigenvalue weighted by molar-refractivity contribution is 5.19. The Balaban J connectivity index is 2.79. The second-order valence-electron chi connectivity index (χ2n) is 3.23. The van der Waals surface area contributed by atoms with Crippen LogP contribution >= 0.6 is 0 Å². The van der Waals surface area contributed by atoms with Crippen LogP contribution in [0.5, 0.6) is 0 Å². The van der Waals surface area contributed by atoms with Gasteiger partial charge in [-0.2, -0.15) is 0 Å². The third-order valence-electron chi connectivity index (χ3n) is 2.38. The Morgan fingerprint density at radius 2 is 1.77 bits per heavy atom. The molecule has 0 spiro atoms. The van der Waals surface area contributed by atoms with Crippen LogP contribution in [-0.2, 0) is 0 Å². The van der Waals surface area contributed by atoms with Crippen molar-refractivity contribution in [1.29, 1.82) is 0 Å². The first-order chi connectivity index (χ1) is 6.13. The minimum atomic E-state index is -0.526. The maximum Gasteiger partial charge on any atom is 0.216 e. The molecule has 2 atom stereocenters. The van der Waals surface area contributed by atoms with Crippen LogP contribution in [-0.4, -0.2) is 11.0 Å². The van der Waals surface area contributed by atoms with E-state index in [1.54, 1.807) is 6.92 Å². The Hall–Kier alpha value is -1.38. The van der Waals surface area contributed by atoms with E-state index in [0.29, 0.717) is 0 Å². The van der Waals surface area contributed by atoms with Crippen molar-refractivity contribution in [2.75, 3.05) is 0 Å². The third kappa shape index (κ3) is 2.28. The Morgan fingerprint density at radius 1 is 1.23 bits per heavy atom. The van der Waals surface area contributed by atoms with Crippen molar-refractivity contribution in [3.8, 4) is 0 Å². The van der Waals surface area contributed by atoms with Crippen LogP contribution in [0, 0.1) is 10.1 Å². The molecular formula is C10H13NO2. The average molecular weight is 179 g/mol. The van der Waals surface area contributed by atoms with Crippen LogP contribution in [0.25, 0.3) is 0 Å². The second-order valence-corrected chi connectivity index (χ2v) is 3.23. The van der Waals surface area contributed by atoms with Crippen molar-refractivity contribution < 1.29 is 4.92 Å². The maximum absolute atomic E-state index is 10.5. The summed E-state index contributed by atoms with van der Waals surface area (Å²) >= 11 is 0. The van der Waals surface area contributed by atoms with E-state index < -0.39 is 6.04 Å². The van der Waals surface area contributed by atoms with E-state index in [2.05, 4.69) is 0 Å². The number of nitro groups is 1. The fourth-order valence-corrected chi connectivity index (χ4v) is 1.22. The van der Waals surface area contributed by atoms with Gasteiger partial charge in [0.25, 0.3) is 0 Å². The Morgan fingerprint density at radius 3 is 2.23 bits per heavy atom. The summed E-state index contributed by atoms with van der Waals surface area (Å²) in [7, 11) is 0. The molecular weight excluding hydrogens is 166 g/mol. The highest BCUT2D eigenvalue weighted by atomic mass is 16.6. The third-order valence-corrected chi connectivity index (χ3v) is 2.38. The molecule has 1 aromatic rings. The van der Waals surface area contributed by atoms with Crippen LogP contribution < -0.4 is 0 Å². The van der Waals surface area contributed by atoms with Gasteiger partial charge in [0.15, 0.2) is 0 Å². The van der Waals surface area contributed by atoms with Crippen molar-refractivity contribution >= 4 is 0 Å². The molecule has 0 heterocycles. The molecule has 3 heteroatoms. The topological polar surface area (TPSA) is 43.1 Å². The summed E-state index contributed by atoms with van der Waals surface area (Å²) in [4.78, 5) is 10.3. The minimum absolute atomic E-state index is 0.0313. The second kappa shape index (κ2) is 4.03. The first-order valence-corrected chi connectivity index (χ1v) is 4.31. The molecule has 13 heavy (non-hydrogen) atoms. The van der Waals surface area contributed by atoms with E-state index in [4.69, 9.17) is 0 Å². The fourth-order valence-electron chi connectivity index (χ4n) is 1.22. The molecule has 0 bridgehead atoms. The average Bonchev–Trinajstić information content (AvgIpc) is 2.17. The molecule has 0 saturated heterocycles. The highest BCUT2D eigenvalue weighted by Crippen LogP contribution is 2.19. The molecule has 0 radical (unpaired) electrons. The molecule has 70 valence electrons. The molecule has 0 unspecified atom stereocenters. The Kier molecular flexibility index (Phi) is 3.01. The van der Waals surface area contributed by atoms with Crippen LogP contribution in [0.1, 0.15) is 25.3 Å². The molecule has 1 aromatic carbocycles. The van der Waals surface area contributed by atoms with E-state index in [1.807, 2.05) is 37.3 Å². The van der Waals surface area contributed by atoms with Gasteiger partial charge in [-0.25, -0.2) is 0 Å². The predicted molar refractivity (Wildman–Crippen MR) is 51.3 cm³/mol. The zero-order chi connectivity index (χ0) is 9.84. The van der Waals surface area contributed by atoms with Crippen molar-refractivity contribution in [2.24, 2.45) is 0 Å². The Labute approximate surface area is 77.5 Å². The lowest BCUT2D eigenvalue weighted by molar-refractivity contribution is -0.521. The van der Waals surface area contributed by atoms with Gasteiger partial charge >= 0.3 is 0 Å². The van der Waals surface area contributed by atoms with Gasteiger partial charge in [-0.15, -0.1) is 0 Å². The first-order valence-electron chi connectivity index (χ1n) is 4.31. The van der Waals surface area contributed by atoms with Crippen LogP contribution in [0.3, 0.4) is 0 Å². The zero-order valence-electron chi connectivity index (χ0n) is 7.81. The summed E-state index contributed by atoms with van der Waals surface area (Å²) in [5.41, 5.74) is 1.02. The van der Waals surface area contributed by atoms with Gasteiger partial charge in [-0.05, 0) is 5.56 Å². The minimum Gasteiger partial charge on any atom is -0.264 e. The van der Waals surface area contributed by atoms with Gasteiger partial charge < -0.3 is 0 Å². The largest absolute Gasteiger partial charge is 0.264 e. The first kappa shape index (κ1) is 9.71. The zero-order valence-corrected chi connectivity index (χ0v) is 7.81. The molecule has 0 saturated carbocycles. The number of rotatable bonds is 3. The summed E-state index contributed by atoms with van der Waals surface area (Å²) in [6.45, 7) is 3.51. The smallest absolute Gasteiger partial charge is 0.216 e. The summed E-state index contributed by atoms with van der Waals surface area (Å²) in [6.07, 6.45) is 0. The normalized spacial score (nSPS) is 14.9. The van der Waals surface area contributed by atoms with Crippen molar-refractivity contribution in [3.63, 3.8) is 0 Å². The molecule has 0 aromatic heterocycles. The molecule has 0 amide bonds. The SMILES string of the molecule is C[C@H](c1ccccc1)[C@H](C)[N+](=O)[O-]. The number of hydrogen-bond donors (Lipinski definition) is 0. The van der Waals surface area contributed by atoms with Gasteiger partial charge in [0, 0.05) is 17.8 Å². The maximum atomic E-state index is 10.5. The van der Waals surface area contributed by atoms with Gasteiger partial charge in [-0.1, -0.05) is 37.3 Å². The lowest BCUT2D eigenvalue weighted by Crippen LogP contribution is -2.21. The lowest BCUT2D eigenvalue weighted by Gasteiger charge is -2.12. The molecule has 1 rings (SSSR count). The predicted octanol–water partition coefficient (Wildman–Crippen LogP) is 2.46. The lowest BCUT2D eigenvalue weighted by atomic mass is 9.95. The quantitative estimate of drug-likeness (QED) is 0.528. The molecule has 0 aliphatic rings. The molecule has 0 aliphatic heterocycles. The molecule has 3 nitrogen and oxygen atoms in total. The van der Waals surface area contributed by atoms with Gasteiger partial charge in [-0.3, -0.25) is 10.1 Å². The summed E-state index contributed by atoms with van der Waals surface area (Å²) in [5, 5.41) is 10.5.